The van der Waals surface area contributed by atoms with E-state index in [1.807, 2.05) is 57.2 Å². The van der Waals surface area contributed by atoms with Crippen molar-refractivity contribution in [2.75, 3.05) is 6.54 Å². The molecular weight excluding hydrogens is 312 g/mol. The van der Waals surface area contributed by atoms with Gasteiger partial charge in [-0.3, -0.25) is 4.98 Å². The second-order valence-electron chi connectivity index (χ2n) is 6.18. The summed E-state index contributed by atoms with van der Waals surface area (Å²) < 4.78 is 5.18. The number of amides is 1. The van der Waals surface area contributed by atoms with E-state index in [-0.39, 0.29) is 0 Å². The number of benzene rings is 1. The maximum atomic E-state index is 11.5. The fraction of sp³-hybridized carbons (Fsp3) is 0.333. The van der Waals surface area contributed by atoms with Crippen LogP contribution >= 0.6 is 11.6 Å². The van der Waals surface area contributed by atoms with Gasteiger partial charge in [0.1, 0.15) is 5.60 Å². The Kier molecular flexibility index (Phi) is 5.61. The second-order valence-corrected chi connectivity index (χ2v) is 6.62. The molecule has 5 heteroatoms. The Bertz CT molecular complexity index is 721. The van der Waals surface area contributed by atoms with Gasteiger partial charge in [-0.2, -0.15) is 0 Å². The fourth-order valence-corrected chi connectivity index (χ4v) is 2.24. The van der Waals surface area contributed by atoms with Crippen LogP contribution in [-0.2, 0) is 4.74 Å². The Morgan fingerprint density at radius 2 is 2.13 bits per heavy atom. The van der Waals surface area contributed by atoms with Crippen molar-refractivity contribution in [2.24, 2.45) is 0 Å². The molecule has 1 N–H and O–H groups in total. The zero-order valence-electron chi connectivity index (χ0n) is 13.6. The number of halogens is 1. The highest BCUT2D eigenvalue weighted by molar-refractivity contribution is 6.31. The lowest BCUT2D eigenvalue weighted by atomic mass is 10.1. The van der Waals surface area contributed by atoms with E-state index in [0.717, 1.165) is 22.9 Å². The standard InChI is InChI=1S/C18H21ClN2O2/c1-18(2,3)23-17(22)21-10-5-4-6-13-9-11-20-16-12-14(19)7-8-15(13)16/h4,6-9,11-12H,5,10H2,1-3H3,(H,21,22). The van der Waals surface area contributed by atoms with Crippen molar-refractivity contribution in [3.63, 3.8) is 0 Å². The van der Waals surface area contributed by atoms with Gasteiger partial charge in [-0.15, -0.1) is 0 Å². The molecule has 0 unspecified atom stereocenters. The first-order chi connectivity index (χ1) is 10.8. The van der Waals surface area contributed by atoms with Crippen LogP contribution in [0.25, 0.3) is 17.0 Å². The zero-order chi connectivity index (χ0) is 16.9. The normalized spacial score (nSPS) is 11.8. The van der Waals surface area contributed by atoms with Crippen LogP contribution < -0.4 is 5.32 Å². The highest BCUT2D eigenvalue weighted by Gasteiger charge is 2.15. The number of ether oxygens (including phenoxy) is 1. The monoisotopic (exact) mass is 332 g/mol. The number of carbonyl (C=O) groups excluding carboxylic acids is 1. The van der Waals surface area contributed by atoms with Gasteiger partial charge in [0.15, 0.2) is 0 Å². The number of carbonyl (C=O) groups is 1. The van der Waals surface area contributed by atoms with Crippen molar-refractivity contribution in [2.45, 2.75) is 32.8 Å². The molecule has 0 atom stereocenters. The van der Waals surface area contributed by atoms with Gasteiger partial charge >= 0.3 is 6.09 Å². The molecule has 4 nitrogen and oxygen atoms in total. The van der Waals surface area contributed by atoms with Crippen molar-refractivity contribution in [1.29, 1.82) is 0 Å². The first-order valence-corrected chi connectivity index (χ1v) is 7.90. The van der Waals surface area contributed by atoms with E-state index >= 15 is 0 Å². The minimum Gasteiger partial charge on any atom is -0.444 e. The Morgan fingerprint density at radius 3 is 2.87 bits per heavy atom. The molecular formula is C18H21ClN2O2. The lowest BCUT2D eigenvalue weighted by molar-refractivity contribution is 0.0529. The lowest BCUT2D eigenvalue weighted by Gasteiger charge is -2.19. The summed E-state index contributed by atoms with van der Waals surface area (Å²) >= 11 is 5.98. The quantitative estimate of drug-likeness (QED) is 0.817. The third-order valence-electron chi connectivity index (χ3n) is 3.02. The molecule has 0 aliphatic heterocycles. The maximum Gasteiger partial charge on any atom is 0.407 e. The number of alkyl carbamates (subject to hydrolysis) is 1. The summed E-state index contributed by atoms with van der Waals surface area (Å²) in [6.07, 6.45) is 6.12. The number of pyridine rings is 1. The maximum absolute atomic E-state index is 11.5. The van der Waals surface area contributed by atoms with Gasteiger partial charge in [0, 0.05) is 23.2 Å². The summed E-state index contributed by atoms with van der Waals surface area (Å²) in [6, 6.07) is 7.61. The summed E-state index contributed by atoms with van der Waals surface area (Å²) in [5.41, 5.74) is 1.47. The number of hydrogen-bond donors (Lipinski definition) is 1. The van der Waals surface area contributed by atoms with E-state index in [4.69, 9.17) is 16.3 Å². The van der Waals surface area contributed by atoms with E-state index in [1.54, 1.807) is 6.20 Å². The smallest absolute Gasteiger partial charge is 0.407 e. The minimum atomic E-state index is -0.475. The van der Waals surface area contributed by atoms with Crippen LogP contribution in [0.2, 0.25) is 5.02 Å². The molecule has 1 aromatic heterocycles. The van der Waals surface area contributed by atoms with E-state index in [0.29, 0.717) is 11.6 Å². The molecule has 0 radical (unpaired) electrons. The molecule has 0 spiro atoms. The number of rotatable bonds is 4. The molecule has 0 aliphatic carbocycles. The Morgan fingerprint density at radius 1 is 1.35 bits per heavy atom. The van der Waals surface area contributed by atoms with Crippen LogP contribution in [0.1, 0.15) is 32.8 Å². The largest absolute Gasteiger partial charge is 0.444 e. The second kappa shape index (κ2) is 7.47. The molecule has 2 rings (SSSR count). The van der Waals surface area contributed by atoms with Gasteiger partial charge in [0.25, 0.3) is 0 Å². The number of aromatic nitrogens is 1. The number of fused-ring (bicyclic) bond motifs is 1. The lowest BCUT2D eigenvalue weighted by Crippen LogP contribution is -2.32. The van der Waals surface area contributed by atoms with Crippen LogP contribution in [-0.4, -0.2) is 23.2 Å². The summed E-state index contributed by atoms with van der Waals surface area (Å²) in [5, 5.41) is 4.45. The van der Waals surface area contributed by atoms with Crippen molar-refractivity contribution >= 4 is 34.7 Å². The molecule has 0 saturated heterocycles. The van der Waals surface area contributed by atoms with Crippen molar-refractivity contribution in [3.8, 4) is 0 Å². The predicted molar refractivity (Wildman–Crippen MR) is 94.6 cm³/mol. The Labute approximate surface area is 141 Å². The van der Waals surface area contributed by atoms with Gasteiger partial charge in [-0.05, 0) is 51.0 Å². The predicted octanol–water partition coefficient (Wildman–Crippen LogP) is 4.82. The highest BCUT2D eigenvalue weighted by Crippen LogP contribution is 2.21. The topological polar surface area (TPSA) is 51.2 Å². The summed E-state index contributed by atoms with van der Waals surface area (Å²) in [6.45, 7) is 6.05. The minimum absolute atomic E-state index is 0.394. The molecule has 0 saturated carbocycles. The van der Waals surface area contributed by atoms with Crippen LogP contribution in [0.15, 0.2) is 36.5 Å². The molecule has 1 amide bonds. The number of nitrogens with one attached hydrogen (secondary N) is 1. The van der Waals surface area contributed by atoms with Crippen LogP contribution in [0.4, 0.5) is 4.79 Å². The third kappa shape index (κ3) is 5.57. The van der Waals surface area contributed by atoms with E-state index in [9.17, 15) is 4.79 Å². The van der Waals surface area contributed by atoms with Crippen molar-refractivity contribution < 1.29 is 9.53 Å². The van der Waals surface area contributed by atoms with Gasteiger partial charge in [0.05, 0.1) is 5.52 Å². The third-order valence-corrected chi connectivity index (χ3v) is 3.25. The van der Waals surface area contributed by atoms with Crippen LogP contribution in [0.5, 0.6) is 0 Å². The Balaban J connectivity index is 1.90. The van der Waals surface area contributed by atoms with E-state index in [2.05, 4.69) is 10.3 Å². The van der Waals surface area contributed by atoms with Gasteiger partial charge in [-0.1, -0.05) is 29.8 Å². The summed E-state index contributed by atoms with van der Waals surface area (Å²) in [4.78, 5) is 15.8. The SMILES string of the molecule is CC(C)(C)OC(=O)NCCC=Cc1ccnc2cc(Cl)ccc12. The Hall–Kier alpha value is -2.07. The molecule has 0 bridgehead atoms. The first-order valence-electron chi connectivity index (χ1n) is 7.53. The summed E-state index contributed by atoms with van der Waals surface area (Å²) in [5.74, 6) is 0. The molecule has 2 aromatic rings. The molecule has 1 heterocycles. The average molecular weight is 333 g/mol. The van der Waals surface area contributed by atoms with Crippen molar-refractivity contribution in [1.82, 2.24) is 10.3 Å². The average Bonchev–Trinajstić information content (AvgIpc) is 2.44. The van der Waals surface area contributed by atoms with Gasteiger partial charge < -0.3 is 10.1 Å². The first kappa shape index (κ1) is 17.3. The van der Waals surface area contributed by atoms with Gasteiger partial charge in [0.2, 0.25) is 0 Å². The van der Waals surface area contributed by atoms with Crippen LogP contribution in [0.3, 0.4) is 0 Å². The molecule has 0 fully saturated rings. The highest BCUT2D eigenvalue weighted by atomic mass is 35.5. The molecule has 122 valence electrons. The molecule has 23 heavy (non-hydrogen) atoms. The molecule has 1 aromatic carbocycles. The molecule has 0 aliphatic rings. The van der Waals surface area contributed by atoms with E-state index in [1.165, 1.54) is 0 Å². The van der Waals surface area contributed by atoms with E-state index < -0.39 is 11.7 Å². The number of nitrogens with zero attached hydrogens (tertiary/aromatic N) is 1. The van der Waals surface area contributed by atoms with Crippen LogP contribution in [0, 0.1) is 0 Å². The fourth-order valence-electron chi connectivity index (χ4n) is 2.07. The van der Waals surface area contributed by atoms with Crippen molar-refractivity contribution in [3.05, 3.63) is 47.1 Å². The number of hydrogen-bond acceptors (Lipinski definition) is 3. The summed E-state index contributed by atoms with van der Waals surface area (Å²) in [7, 11) is 0. The zero-order valence-corrected chi connectivity index (χ0v) is 14.4. The van der Waals surface area contributed by atoms with Gasteiger partial charge in [-0.25, -0.2) is 4.79 Å².